The summed E-state index contributed by atoms with van der Waals surface area (Å²) in [5, 5.41) is 18.0. The van der Waals surface area contributed by atoms with Crippen molar-refractivity contribution in [1.82, 2.24) is 25.1 Å². The highest BCUT2D eigenvalue weighted by molar-refractivity contribution is 5.76. The van der Waals surface area contributed by atoms with Gasteiger partial charge in [-0.05, 0) is 31.7 Å². The lowest BCUT2D eigenvalue weighted by molar-refractivity contribution is -0.122. The minimum atomic E-state index is -0.949. The summed E-state index contributed by atoms with van der Waals surface area (Å²) in [6.07, 6.45) is 9.45. The SMILES string of the molecule is Cc1nn(C)cc1CCC(=O)NC[C@]1(O)CCCN(c2cnccn2)C1. The van der Waals surface area contributed by atoms with Crippen molar-refractivity contribution in [2.24, 2.45) is 7.05 Å². The van der Waals surface area contributed by atoms with Gasteiger partial charge in [0, 0.05) is 51.7 Å². The number of nitrogens with zero attached hydrogens (tertiary/aromatic N) is 5. The summed E-state index contributed by atoms with van der Waals surface area (Å²) in [6.45, 7) is 3.45. The number of aliphatic hydroxyl groups is 1. The normalized spacial score (nSPS) is 20.2. The van der Waals surface area contributed by atoms with Gasteiger partial charge in [-0.2, -0.15) is 5.10 Å². The molecule has 1 saturated heterocycles. The number of aryl methyl sites for hydroxylation is 3. The molecule has 0 aromatic carbocycles. The Kier molecular flexibility index (Phi) is 5.51. The summed E-state index contributed by atoms with van der Waals surface area (Å²) in [5.74, 6) is 0.697. The summed E-state index contributed by atoms with van der Waals surface area (Å²) in [5.41, 5.74) is 1.08. The van der Waals surface area contributed by atoms with Crippen LogP contribution in [-0.4, -0.2) is 56.0 Å². The number of carbonyl (C=O) groups is 1. The van der Waals surface area contributed by atoms with Crippen molar-refractivity contribution >= 4 is 11.7 Å². The largest absolute Gasteiger partial charge is 0.386 e. The Hall–Kier alpha value is -2.48. The monoisotopic (exact) mass is 358 g/mol. The number of rotatable bonds is 6. The average molecular weight is 358 g/mol. The molecule has 1 aliphatic heterocycles. The van der Waals surface area contributed by atoms with E-state index < -0.39 is 5.60 Å². The molecule has 2 aromatic heterocycles. The fourth-order valence-corrected chi connectivity index (χ4v) is 3.40. The molecule has 0 spiro atoms. The zero-order chi connectivity index (χ0) is 18.6. The minimum absolute atomic E-state index is 0.0571. The first-order valence-corrected chi connectivity index (χ1v) is 8.94. The second-order valence-corrected chi connectivity index (χ2v) is 7.00. The third-order valence-corrected chi connectivity index (χ3v) is 4.78. The van der Waals surface area contributed by atoms with E-state index in [2.05, 4.69) is 20.4 Å². The van der Waals surface area contributed by atoms with Crippen LogP contribution in [0.3, 0.4) is 0 Å². The molecule has 140 valence electrons. The smallest absolute Gasteiger partial charge is 0.220 e. The van der Waals surface area contributed by atoms with E-state index in [9.17, 15) is 9.90 Å². The van der Waals surface area contributed by atoms with Gasteiger partial charge in [0.2, 0.25) is 5.91 Å². The van der Waals surface area contributed by atoms with E-state index in [1.54, 1.807) is 23.3 Å². The van der Waals surface area contributed by atoms with Crippen molar-refractivity contribution < 1.29 is 9.90 Å². The highest BCUT2D eigenvalue weighted by atomic mass is 16.3. The molecule has 2 aromatic rings. The van der Waals surface area contributed by atoms with Crippen LogP contribution in [0.4, 0.5) is 5.82 Å². The Morgan fingerprint density at radius 3 is 2.96 bits per heavy atom. The molecule has 8 heteroatoms. The van der Waals surface area contributed by atoms with Crippen LogP contribution in [0.15, 0.2) is 24.8 Å². The lowest BCUT2D eigenvalue weighted by Crippen LogP contribution is -2.54. The molecule has 3 heterocycles. The molecule has 0 saturated carbocycles. The quantitative estimate of drug-likeness (QED) is 0.785. The highest BCUT2D eigenvalue weighted by Gasteiger charge is 2.34. The first kappa shape index (κ1) is 18.3. The van der Waals surface area contributed by atoms with Crippen LogP contribution < -0.4 is 10.2 Å². The van der Waals surface area contributed by atoms with Crippen LogP contribution in [0.25, 0.3) is 0 Å². The van der Waals surface area contributed by atoms with Crippen LogP contribution in [0.2, 0.25) is 0 Å². The number of aromatic nitrogens is 4. The summed E-state index contributed by atoms with van der Waals surface area (Å²) in [7, 11) is 1.87. The molecule has 8 nitrogen and oxygen atoms in total. The zero-order valence-electron chi connectivity index (χ0n) is 15.4. The Labute approximate surface area is 153 Å². The van der Waals surface area contributed by atoms with Gasteiger partial charge in [0.05, 0.1) is 17.5 Å². The fourth-order valence-electron chi connectivity index (χ4n) is 3.40. The molecule has 0 aliphatic carbocycles. The molecular weight excluding hydrogens is 332 g/mol. The standard InChI is InChI=1S/C18H26N6O2/c1-14-15(11-23(2)22-14)4-5-17(25)21-12-18(26)6-3-9-24(13-18)16-10-19-7-8-20-16/h7-8,10-11,26H,3-6,9,12-13H2,1-2H3,(H,21,25)/t18-/m1/s1. The van der Waals surface area contributed by atoms with E-state index >= 15 is 0 Å². The van der Waals surface area contributed by atoms with Crippen molar-refractivity contribution in [2.45, 2.75) is 38.2 Å². The second kappa shape index (κ2) is 7.82. The van der Waals surface area contributed by atoms with E-state index in [-0.39, 0.29) is 12.5 Å². The van der Waals surface area contributed by atoms with E-state index in [1.165, 1.54) is 0 Å². The van der Waals surface area contributed by atoms with E-state index in [4.69, 9.17) is 0 Å². The molecule has 0 radical (unpaired) electrons. The lowest BCUT2D eigenvalue weighted by Gasteiger charge is -2.39. The molecule has 1 fully saturated rings. The molecular formula is C18H26N6O2. The van der Waals surface area contributed by atoms with Gasteiger partial charge in [-0.25, -0.2) is 4.98 Å². The summed E-state index contributed by atoms with van der Waals surface area (Å²) in [6, 6.07) is 0. The van der Waals surface area contributed by atoms with E-state index in [0.717, 1.165) is 30.0 Å². The van der Waals surface area contributed by atoms with Crippen LogP contribution in [0.5, 0.6) is 0 Å². The number of nitrogens with one attached hydrogen (secondary N) is 1. The highest BCUT2D eigenvalue weighted by Crippen LogP contribution is 2.24. The van der Waals surface area contributed by atoms with Crippen LogP contribution in [0.1, 0.15) is 30.5 Å². The third-order valence-electron chi connectivity index (χ3n) is 4.78. The van der Waals surface area contributed by atoms with Gasteiger partial charge in [0.25, 0.3) is 0 Å². The lowest BCUT2D eigenvalue weighted by atomic mass is 9.92. The topological polar surface area (TPSA) is 96.2 Å². The van der Waals surface area contributed by atoms with E-state index in [0.29, 0.717) is 25.8 Å². The second-order valence-electron chi connectivity index (χ2n) is 7.00. The molecule has 3 rings (SSSR count). The van der Waals surface area contributed by atoms with Crippen molar-refractivity contribution in [2.75, 3.05) is 24.5 Å². The summed E-state index contributed by atoms with van der Waals surface area (Å²) in [4.78, 5) is 22.6. The predicted octanol–water partition coefficient (Wildman–Crippen LogP) is 0.599. The first-order chi connectivity index (χ1) is 12.5. The fraction of sp³-hybridized carbons (Fsp3) is 0.556. The average Bonchev–Trinajstić information content (AvgIpc) is 2.96. The number of carbonyl (C=O) groups excluding carboxylic acids is 1. The Morgan fingerprint density at radius 2 is 2.27 bits per heavy atom. The van der Waals surface area contributed by atoms with E-state index in [1.807, 2.05) is 25.1 Å². The third kappa shape index (κ3) is 4.57. The van der Waals surface area contributed by atoms with Gasteiger partial charge >= 0.3 is 0 Å². The molecule has 0 bridgehead atoms. The molecule has 26 heavy (non-hydrogen) atoms. The first-order valence-electron chi connectivity index (χ1n) is 8.94. The van der Waals surface area contributed by atoms with Gasteiger partial charge < -0.3 is 15.3 Å². The van der Waals surface area contributed by atoms with Crippen LogP contribution in [-0.2, 0) is 18.3 Å². The van der Waals surface area contributed by atoms with Gasteiger partial charge in [-0.15, -0.1) is 0 Å². The maximum Gasteiger partial charge on any atom is 0.220 e. The number of amides is 1. The number of piperidine rings is 1. The molecule has 1 atom stereocenters. The molecule has 1 amide bonds. The molecule has 0 unspecified atom stereocenters. The molecule has 1 aliphatic rings. The summed E-state index contributed by atoms with van der Waals surface area (Å²) < 4.78 is 1.76. The zero-order valence-corrected chi connectivity index (χ0v) is 15.4. The summed E-state index contributed by atoms with van der Waals surface area (Å²) >= 11 is 0. The van der Waals surface area contributed by atoms with Gasteiger partial charge in [-0.1, -0.05) is 0 Å². The number of hydrogen-bond acceptors (Lipinski definition) is 6. The van der Waals surface area contributed by atoms with Gasteiger partial charge in [-0.3, -0.25) is 14.5 Å². The Morgan fingerprint density at radius 1 is 1.42 bits per heavy atom. The number of β-amino-alcohol motifs (C(OH)–C–C–N with tert-alkyl or cyclic N) is 1. The predicted molar refractivity (Wildman–Crippen MR) is 97.7 cm³/mol. The Bertz CT molecular complexity index is 747. The van der Waals surface area contributed by atoms with Gasteiger partial charge in [0.15, 0.2) is 0 Å². The van der Waals surface area contributed by atoms with Crippen molar-refractivity contribution in [1.29, 1.82) is 0 Å². The van der Waals surface area contributed by atoms with Crippen molar-refractivity contribution in [3.63, 3.8) is 0 Å². The molecule has 2 N–H and O–H groups in total. The van der Waals surface area contributed by atoms with Crippen molar-refractivity contribution in [3.8, 4) is 0 Å². The number of hydrogen-bond donors (Lipinski definition) is 2. The maximum absolute atomic E-state index is 12.2. The Balaban J connectivity index is 1.49. The van der Waals surface area contributed by atoms with Crippen molar-refractivity contribution in [3.05, 3.63) is 36.0 Å². The van der Waals surface area contributed by atoms with Crippen LogP contribution >= 0.6 is 0 Å². The minimum Gasteiger partial charge on any atom is -0.386 e. The van der Waals surface area contributed by atoms with Gasteiger partial charge in [0.1, 0.15) is 5.82 Å². The van der Waals surface area contributed by atoms with Crippen LogP contribution in [0, 0.1) is 6.92 Å². The maximum atomic E-state index is 12.2. The number of anilines is 1.